The molecule has 0 aliphatic heterocycles. The second kappa shape index (κ2) is 12.7. The first kappa shape index (κ1) is 30.3. The number of H-pyrrole nitrogens is 4. The number of methoxy groups -OCH3 is 1. The standard InChI is InChI=1S/C35H30BrClN4O4/c1-19-4-10-22(11-5-19)31-29(34(42)40-38-31)28(30-32(39-41-35(30)43)23-12-6-20(2)7-13-23)24-16-26(36)33(27(17-24)44-3)45-18-21-8-14-25(37)15-9-21/h4-17,28H,18H2,1-3H3,(H2,38,40,42)(H2,39,41,43). The monoisotopic (exact) mass is 684 g/mol. The van der Waals surface area contributed by atoms with Crippen LogP contribution < -0.4 is 20.6 Å². The number of ether oxygens (including phenoxy) is 2. The Labute approximate surface area is 272 Å². The van der Waals surface area contributed by atoms with Crippen LogP contribution in [-0.2, 0) is 6.61 Å². The zero-order valence-corrected chi connectivity index (χ0v) is 27.1. The van der Waals surface area contributed by atoms with Crippen molar-refractivity contribution in [2.45, 2.75) is 26.4 Å². The van der Waals surface area contributed by atoms with E-state index >= 15 is 0 Å². The molecular weight excluding hydrogens is 656 g/mol. The molecule has 10 heteroatoms. The molecule has 0 saturated carbocycles. The third-order valence-electron chi connectivity index (χ3n) is 7.77. The quantitative estimate of drug-likeness (QED) is 0.124. The van der Waals surface area contributed by atoms with Crippen LogP contribution in [0.2, 0.25) is 5.02 Å². The maximum absolute atomic E-state index is 13.7. The Morgan fingerprint density at radius 1 is 0.733 bits per heavy atom. The molecule has 0 unspecified atom stereocenters. The van der Waals surface area contributed by atoms with Gasteiger partial charge in [-0.3, -0.25) is 30.0 Å². The van der Waals surface area contributed by atoms with Gasteiger partial charge in [0.05, 0.1) is 34.1 Å². The minimum Gasteiger partial charge on any atom is -0.493 e. The Bertz CT molecular complexity index is 1980. The number of hydrogen-bond acceptors (Lipinski definition) is 4. The fourth-order valence-corrected chi connectivity index (χ4v) is 6.14. The van der Waals surface area contributed by atoms with Gasteiger partial charge in [0, 0.05) is 10.9 Å². The fourth-order valence-electron chi connectivity index (χ4n) is 5.44. The molecule has 6 rings (SSSR count). The highest BCUT2D eigenvalue weighted by atomic mass is 79.9. The van der Waals surface area contributed by atoms with E-state index in [1.165, 1.54) is 0 Å². The highest BCUT2D eigenvalue weighted by molar-refractivity contribution is 9.10. The molecule has 8 nitrogen and oxygen atoms in total. The van der Waals surface area contributed by atoms with E-state index in [-0.39, 0.29) is 17.7 Å². The van der Waals surface area contributed by atoms with Crippen LogP contribution in [0.4, 0.5) is 0 Å². The molecule has 0 saturated heterocycles. The number of hydrogen-bond donors (Lipinski definition) is 4. The Morgan fingerprint density at radius 3 is 1.73 bits per heavy atom. The summed E-state index contributed by atoms with van der Waals surface area (Å²) in [5, 5.41) is 12.3. The Hall–Kier alpha value is -4.73. The van der Waals surface area contributed by atoms with Crippen LogP contribution in [0.25, 0.3) is 22.5 Å². The highest BCUT2D eigenvalue weighted by Crippen LogP contribution is 2.44. The third kappa shape index (κ3) is 6.14. The molecule has 0 radical (unpaired) electrons. The lowest BCUT2D eigenvalue weighted by molar-refractivity contribution is 0.282. The molecular formula is C35H30BrClN4O4. The van der Waals surface area contributed by atoms with Gasteiger partial charge in [-0.1, -0.05) is 83.4 Å². The first-order valence-corrected chi connectivity index (χ1v) is 15.4. The Morgan fingerprint density at radius 2 is 1.24 bits per heavy atom. The van der Waals surface area contributed by atoms with Crippen molar-refractivity contribution in [3.63, 3.8) is 0 Å². The van der Waals surface area contributed by atoms with E-state index in [1.54, 1.807) is 19.2 Å². The van der Waals surface area contributed by atoms with Crippen LogP contribution in [0.1, 0.15) is 39.3 Å². The van der Waals surface area contributed by atoms with Crippen molar-refractivity contribution in [3.05, 3.63) is 149 Å². The van der Waals surface area contributed by atoms with Crippen LogP contribution in [-0.4, -0.2) is 27.5 Å². The summed E-state index contributed by atoms with van der Waals surface area (Å²) in [6, 6.07) is 26.8. The topological polar surface area (TPSA) is 116 Å². The molecule has 2 aromatic heterocycles. The highest BCUT2D eigenvalue weighted by Gasteiger charge is 2.32. The van der Waals surface area contributed by atoms with Crippen molar-refractivity contribution in [3.8, 4) is 34.0 Å². The minimum absolute atomic E-state index is 0.277. The molecule has 2 heterocycles. The smallest absolute Gasteiger partial charge is 0.268 e. The fraction of sp³-hybridized carbons (Fsp3) is 0.143. The molecule has 0 spiro atoms. The van der Waals surface area contributed by atoms with Crippen molar-refractivity contribution < 1.29 is 9.47 Å². The van der Waals surface area contributed by atoms with Crippen LogP contribution in [0.5, 0.6) is 11.5 Å². The van der Waals surface area contributed by atoms with E-state index in [2.05, 4.69) is 36.3 Å². The van der Waals surface area contributed by atoms with Gasteiger partial charge in [0.25, 0.3) is 11.1 Å². The Kier molecular flexibility index (Phi) is 8.56. The number of aromatic nitrogens is 4. The average molecular weight is 686 g/mol. The summed E-state index contributed by atoms with van der Waals surface area (Å²) in [6.45, 7) is 4.28. The number of halogens is 2. The van der Waals surface area contributed by atoms with E-state index in [4.69, 9.17) is 21.1 Å². The molecule has 228 valence electrons. The van der Waals surface area contributed by atoms with E-state index in [0.717, 1.165) is 27.8 Å². The first-order valence-electron chi connectivity index (χ1n) is 14.2. The molecule has 0 aliphatic rings. The predicted octanol–water partition coefficient (Wildman–Crippen LogP) is 7.85. The summed E-state index contributed by atoms with van der Waals surface area (Å²) >= 11 is 9.73. The number of aromatic amines is 4. The van der Waals surface area contributed by atoms with Gasteiger partial charge in [-0.2, -0.15) is 0 Å². The van der Waals surface area contributed by atoms with Crippen LogP contribution in [0.15, 0.2) is 99.0 Å². The minimum atomic E-state index is -0.807. The molecule has 0 fully saturated rings. The van der Waals surface area contributed by atoms with Gasteiger partial charge < -0.3 is 9.47 Å². The molecule has 0 bridgehead atoms. The van der Waals surface area contributed by atoms with Gasteiger partial charge in [-0.05, 0) is 76.3 Å². The van der Waals surface area contributed by atoms with Gasteiger partial charge in [0.2, 0.25) is 0 Å². The molecule has 0 atom stereocenters. The SMILES string of the molecule is COc1cc(C(c2c(-c3ccc(C)cc3)[nH][nH]c2=O)c2c(-c3ccc(C)cc3)[nH][nH]c2=O)cc(Br)c1OCc1ccc(Cl)cc1. The van der Waals surface area contributed by atoms with Gasteiger partial charge in [-0.25, -0.2) is 0 Å². The van der Waals surface area contributed by atoms with Crippen molar-refractivity contribution in [1.29, 1.82) is 0 Å². The van der Waals surface area contributed by atoms with Gasteiger partial charge >= 0.3 is 0 Å². The number of aryl methyl sites for hydroxylation is 2. The van der Waals surface area contributed by atoms with E-state index in [0.29, 0.717) is 49.1 Å². The molecule has 4 N–H and O–H groups in total. The molecule has 0 amide bonds. The molecule has 4 aromatic carbocycles. The van der Waals surface area contributed by atoms with E-state index in [1.807, 2.05) is 86.6 Å². The molecule has 0 aliphatic carbocycles. The summed E-state index contributed by atoms with van der Waals surface area (Å²) in [5.41, 5.74) is 6.61. The molecule has 6 aromatic rings. The average Bonchev–Trinajstić information content (AvgIpc) is 3.60. The normalized spacial score (nSPS) is 11.2. The number of rotatable bonds is 9. The van der Waals surface area contributed by atoms with E-state index in [9.17, 15) is 9.59 Å². The second-order valence-corrected chi connectivity index (χ2v) is 12.1. The summed E-state index contributed by atoms with van der Waals surface area (Å²) in [4.78, 5) is 27.4. The Balaban J connectivity index is 1.54. The maximum atomic E-state index is 13.7. The number of nitrogens with one attached hydrogen (secondary N) is 4. The van der Waals surface area contributed by atoms with Crippen LogP contribution >= 0.6 is 27.5 Å². The summed E-state index contributed by atoms with van der Waals surface area (Å²) in [5.74, 6) is 0.114. The molecule has 45 heavy (non-hydrogen) atoms. The third-order valence-corrected chi connectivity index (χ3v) is 8.61. The van der Waals surface area contributed by atoms with Crippen LogP contribution in [0.3, 0.4) is 0 Å². The number of benzene rings is 4. The summed E-state index contributed by atoms with van der Waals surface area (Å²) in [6.07, 6.45) is 0. The first-order chi connectivity index (χ1) is 21.7. The maximum Gasteiger partial charge on any atom is 0.268 e. The van der Waals surface area contributed by atoms with Crippen LogP contribution in [0, 0.1) is 13.8 Å². The van der Waals surface area contributed by atoms with Crippen molar-refractivity contribution in [2.75, 3.05) is 7.11 Å². The summed E-state index contributed by atoms with van der Waals surface area (Å²) < 4.78 is 12.6. The van der Waals surface area contributed by atoms with Crippen molar-refractivity contribution in [1.82, 2.24) is 20.4 Å². The van der Waals surface area contributed by atoms with Gasteiger partial charge in [0.15, 0.2) is 11.5 Å². The van der Waals surface area contributed by atoms with E-state index < -0.39 is 5.92 Å². The van der Waals surface area contributed by atoms with Gasteiger partial charge in [0.1, 0.15) is 6.61 Å². The lowest BCUT2D eigenvalue weighted by Gasteiger charge is -2.21. The zero-order valence-electron chi connectivity index (χ0n) is 24.8. The zero-order chi connectivity index (χ0) is 31.7. The lowest BCUT2D eigenvalue weighted by atomic mass is 9.83. The largest absolute Gasteiger partial charge is 0.493 e. The lowest BCUT2D eigenvalue weighted by Crippen LogP contribution is -2.20. The predicted molar refractivity (Wildman–Crippen MR) is 181 cm³/mol. The van der Waals surface area contributed by atoms with Gasteiger partial charge in [-0.15, -0.1) is 0 Å². The second-order valence-electron chi connectivity index (χ2n) is 10.8. The van der Waals surface area contributed by atoms with Crippen molar-refractivity contribution >= 4 is 27.5 Å². The van der Waals surface area contributed by atoms with Crippen molar-refractivity contribution in [2.24, 2.45) is 0 Å². The summed E-state index contributed by atoms with van der Waals surface area (Å²) in [7, 11) is 1.55.